The van der Waals surface area contributed by atoms with Crippen molar-refractivity contribution in [3.63, 3.8) is 0 Å². The quantitative estimate of drug-likeness (QED) is 0.833. The monoisotopic (exact) mass is 337 g/mol. The Hall–Kier alpha value is -0.250. The number of rotatable bonds is 4. The summed E-state index contributed by atoms with van der Waals surface area (Å²) in [5, 5.41) is 2.85. The molecule has 0 atom stereocenters. The summed E-state index contributed by atoms with van der Waals surface area (Å²) in [6, 6.07) is 5.50. The molecule has 1 N–H and O–H groups in total. The average molecular weight is 339 g/mol. The largest absolute Gasteiger partial charge is 0.344 e. The van der Waals surface area contributed by atoms with Crippen LogP contribution in [0.1, 0.15) is 22.8 Å². The fraction of sp³-hybridized carbons (Fsp3) is 0.417. The Bertz CT molecular complexity index is 419. The van der Waals surface area contributed by atoms with Crippen LogP contribution in [0.25, 0.3) is 0 Å². The van der Waals surface area contributed by atoms with E-state index in [4.69, 9.17) is 23.2 Å². The minimum Gasteiger partial charge on any atom is -0.344 e. The summed E-state index contributed by atoms with van der Waals surface area (Å²) >= 11 is 15.0. The van der Waals surface area contributed by atoms with Gasteiger partial charge < -0.3 is 5.32 Å². The van der Waals surface area contributed by atoms with Crippen LogP contribution in [0.4, 0.5) is 0 Å². The summed E-state index contributed by atoms with van der Waals surface area (Å²) in [4.78, 5) is 12.1. The maximum Gasteiger partial charge on any atom is 0.252 e. The predicted molar refractivity (Wildman–Crippen MR) is 76.2 cm³/mol. The minimum atomic E-state index is -0.588. The first-order valence-corrected chi connectivity index (χ1v) is 6.99. The van der Waals surface area contributed by atoms with Crippen molar-refractivity contribution >= 4 is 45.0 Å². The van der Waals surface area contributed by atoms with Crippen LogP contribution in [0.2, 0.25) is 0 Å². The lowest BCUT2D eigenvalue weighted by molar-refractivity contribution is 0.0920. The first-order chi connectivity index (χ1) is 7.93. The molecule has 5 heteroatoms. The highest BCUT2D eigenvalue weighted by molar-refractivity contribution is 9.10. The minimum absolute atomic E-state index is 0.160. The molecule has 0 spiro atoms. The number of halogens is 3. The van der Waals surface area contributed by atoms with E-state index in [1.54, 1.807) is 6.07 Å². The lowest BCUT2D eigenvalue weighted by atomic mass is 10.0. The fourth-order valence-electron chi connectivity index (χ4n) is 1.30. The van der Waals surface area contributed by atoms with Crippen LogP contribution in [-0.4, -0.2) is 23.2 Å². The van der Waals surface area contributed by atoms with Crippen molar-refractivity contribution in [3.05, 3.63) is 33.8 Å². The van der Waals surface area contributed by atoms with Gasteiger partial charge >= 0.3 is 0 Å². The molecule has 0 aliphatic rings. The van der Waals surface area contributed by atoms with Gasteiger partial charge in [0.1, 0.15) is 0 Å². The van der Waals surface area contributed by atoms with E-state index >= 15 is 0 Å². The number of nitrogens with one attached hydrogen (secondary N) is 1. The summed E-state index contributed by atoms with van der Waals surface area (Å²) in [7, 11) is 0. The van der Waals surface area contributed by atoms with Crippen LogP contribution in [0.15, 0.2) is 22.7 Å². The van der Waals surface area contributed by atoms with Gasteiger partial charge in [0.15, 0.2) is 0 Å². The topological polar surface area (TPSA) is 29.1 Å². The maximum atomic E-state index is 12.1. The molecule has 2 nitrogen and oxygen atoms in total. The zero-order chi connectivity index (χ0) is 13.1. The van der Waals surface area contributed by atoms with Crippen LogP contribution >= 0.6 is 39.1 Å². The Morgan fingerprint density at radius 2 is 2.00 bits per heavy atom. The first kappa shape index (κ1) is 14.8. The Balaban J connectivity index is 2.94. The molecule has 0 radical (unpaired) electrons. The second kappa shape index (κ2) is 6.07. The molecule has 0 aliphatic carbocycles. The highest BCUT2D eigenvalue weighted by Crippen LogP contribution is 2.20. The molecule has 1 aromatic carbocycles. The van der Waals surface area contributed by atoms with E-state index in [-0.39, 0.29) is 17.7 Å². The lowest BCUT2D eigenvalue weighted by Crippen LogP contribution is -2.49. The zero-order valence-corrected chi connectivity index (χ0v) is 12.8. The van der Waals surface area contributed by atoms with E-state index in [9.17, 15) is 4.79 Å². The molecule has 0 saturated carbocycles. The van der Waals surface area contributed by atoms with Crippen molar-refractivity contribution in [2.24, 2.45) is 0 Å². The Morgan fingerprint density at radius 1 is 1.41 bits per heavy atom. The molecule has 1 aromatic rings. The van der Waals surface area contributed by atoms with Crippen molar-refractivity contribution in [1.29, 1.82) is 0 Å². The zero-order valence-electron chi connectivity index (χ0n) is 9.69. The van der Waals surface area contributed by atoms with E-state index in [1.807, 2.05) is 26.0 Å². The summed E-state index contributed by atoms with van der Waals surface area (Å²) < 4.78 is 0.906. The molecular weight excluding hydrogens is 325 g/mol. The van der Waals surface area contributed by atoms with Crippen molar-refractivity contribution in [1.82, 2.24) is 5.32 Å². The number of amides is 1. The van der Waals surface area contributed by atoms with Crippen molar-refractivity contribution < 1.29 is 4.79 Å². The van der Waals surface area contributed by atoms with Gasteiger partial charge in [-0.15, -0.1) is 23.2 Å². The van der Waals surface area contributed by atoms with Crippen LogP contribution in [-0.2, 0) is 0 Å². The van der Waals surface area contributed by atoms with Crippen LogP contribution in [0, 0.1) is 6.92 Å². The van der Waals surface area contributed by atoms with E-state index in [1.165, 1.54) is 0 Å². The van der Waals surface area contributed by atoms with Crippen LogP contribution in [0.3, 0.4) is 0 Å². The number of hydrogen-bond donors (Lipinski definition) is 1. The van der Waals surface area contributed by atoms with Gasteiger partial charge in [-0.1, -0.05) is 22.0 Å². The van der Waals surface area contributed by atoms with Crippen molar-refractivity contribution in [2.75, 3.05) is 11.8 Å². The molecule has 17 heavy (non-hydrogen) atoms. The van der Waals surface area contributed by atoms with Gasteiger partial charge in [0.25, 0.3) is 5.91 Å². The third-order valence-electron chi connectivity index (χ3n) is 2.52. The molecule has 0 bridgehead atoms. The summed E-state index contributed by atoms with van der Waals surface area (Å²) in [6.07, 6.45) is 0. The number of carbonyl (C=O) groups is 1. The smallest absolute Gasteiger partial charge is 0.252 e. The standard InChI is InChI=1S/C12H14BrCl2NO/c1-8-9(4-3-5-10(8)13)11(17)16-12(2,6-14)7-15/h3-5H,6-7H2,1-2H3,(H,16,17). The Kier molecular flexibility index (Phi) is 5.29. The molecule has 94 valence electrons. The SMILES string of the molecule is Cc1c(Br)cccc1C(=O)NC(C)(CCl)CCl. The van der Waals surface area contributed by atoms with Gasteiger partial charge in [-0.2, -0.15) is 0 Å². The van der Waals surface area contributed by atoms with Gasteiger partial charge in [0, 0.05) is 21.8 Å². The van der Waals surface area contributed by atoms with Gasteiger partial charge in [0.2, 0.25) is 0 Å². The molecule has 0 aromatic heterocycles. The van der Waals surface area contributed by atoms with Gasteiger partial charge in [-0.3, -0.25) is 4.79 Å². The van der Waals surface area contributed by atoms with Gasteiger partial charge in [-0.05, 0) is 31.5 Å². The average Bonchev–Trinajstić information content (AvgIpc) is 2.32. The third kappa shape index (κ3) is 3.60. The van der Waals surface area contributed by atoms with E-state index in [2.05, 4.69) is 21.2 Å². The Labute approximate surface area is 120 Å². The van der Waals surface area contributed by atoms with Crippen molar-refractivity contribution in [3.8, 4) is 0 Å². The highest BCUT2D eigenvalue weighted by Gasteiger charge is 2.25. The second-order valence-corrected chi connectivity index (χ2v) is 5.58. The van der Waals surface area contributed by atoms with Gasteiger partial charge in [0.05, 0.1) is 5.54 Å². The number of alkyl halides is 2. The van der Waals surface area contributed by atoms with E-state index in [0.29, 0.717) is 5.56 Å². The number of benzene rings is 1. The normalized spacial score (nSPS) is 11.4. The molecular formula is C12H14BrCl2NO. The summed E-state index contributed by atoms with van der Waals surface area (Å²) in [6.45, 7) is 3.70. The third-order valence-corrected chi connectivity index (χ3v) is 4.56. The van der Waals surface area contributed by atoms with Crippen LogP contribution < -0.4 is 5.32 Å². The number of carbonyl (C=O) groups excluding carboxylic acids is 1. The lowest BCUT2D eigenvalue weighted by Gasteiger charge is -2.26. The molecule has 0 unspecified atom stereocenters. The first-order valence-electron chi connectivity index (χ1n) is 5.13. The number of hydrogen-bond acceptors (Lipinski definition) is 1. The summed E-state index contributed by atoms with van der Waals surface area (Å²) in [5.74, 6) is 0.387. The molecule has 0 heterocycles. The van der Waals surface area contributed by atoms with Crippen molar-refractivity contribution in [2.45, 2.75) is 19.4 Å². The van der Waals surface area contributed by atoms with Gasteiger partial charge in [-0.25, -0.2) is 0 Å². The van der Waals surface area contributed by atoms with Crippen LogP contribution in [0.5, 0.6) is 0 Å². The molecule has 0 saturated heterocycles. The highest BCUT2D eigenvalue weighted by atomic mass is 79.9. The maximum absolute atomic E-state index is 12.1. The van der Waals surface area contributed by atoms with E-state index < -0.39 is 5.54 Å². The molecule has 0 aliphatic heterocycles. The fourth-order valence-corrected chi connectivity index (χ4v) is 2.08. The molecule has 0 fully saturated rings. The second-order valence-electron chi connectivity index (χ2n) is 4.19. The Morgan fingerprint density at radius 3 is 2.53 bits per heavy atom. The molecule has 1 amide bonds. The molecule has 1 rings (SSSR count). The predicted octanol–water partition coefficient (Wildman–Crippen LogP) is 3.72. The van der Waals surface area contributed by atoms with E-state index in [0.717, 1.165) is 10.0 Å². The summed E-state index contributed by atoms with van der Waals surface area (Å²) in [5.41, 5.74) is 0.937.